The number of carbonyl (C=O) groups excluding carboxylic acids is 3. The molecule has 0 radical (unpaired) electrons. The van der Waals surface area contributed by atoms with Gasteiger partial charge in [0.2, 0.25) is 0 Å². The zero-order valence-corrected chi connectivity index (χ0v) is 53.8. The summed E-state index contributed by atoms with van der Waals surface area (Å²) >= 11 is 0. The number of rotatable bonds is 64. The molecule has 0 rings (SSSR count). The predicted octanol–water partition coefficient (Wildman–Crippen LogP) is 24.2. The average molecular weight is 1130 g/mol. The topological polar surface area (TPSA) is 78.9 Å². The number of hydrogen-bond acceptors (Lipinski definition) is 6. The SMILES string of the molecule is CC/C=C\C/C=C\C/C=C\C/C=C\CCC(=O)OCC(COC(=O)CCCCCCCCCCCCCCCCCCCCCCCCCCCCCCCCC)OC(=O)CCCCCCCC/C=C\C/C=C\C/C=C\CCCCC. The van der Waals surface area contributed by atoms with E-state index in [1.807, 2.05) is 6.08 Å². The maximum atomic E-state index is 12.9. The summed E-state index contributed by atoms with van der Waals surface area (Å²) in [4.78, 5) is 38.3. The van der Waals surface area contributed by atoms with E-state index in [0.29, 0.717) is 19.3 Å². The van der Waals surface area contributed by atoms with Crippen LogP contribution in [-0.4, -0.2) is 37.2 Å². The molecule has 1 atom stereocenters. The minimum absolute atomic E-state index is 0.102. The molecule has 0 saturated heterocycles. The van der Waals surface area contributed by atoms with Crippen molar-refractivity contribution in [3.8, 4) is 0 Å². The van der Waals surface area contributed by atoms with Crippen molar-refractivity contribution < 1.29 is 28.6 Å². The van der Waals surface area contributed by atoms with Gasteiger partial charge in [-0.3, -0.25) is 14.4 Å². The largest absolute Gasteiger partial charge is 0.462 e. The fraction of sp³-hybridized carbons (Fsp3) is 0.773. The lowest BCUT2D eigenvalue weighted by molar-refractivity contribution is -0.166. The zero-order chi connectivity index (χ0) is 58.5. The highest BCUT2D eigenvalue weighted by molar-refractivity contribution is 5.71. The van der Waals surface area contributed by atoms with Gasteiger partial charge in [-0.1, -0.05) is 337 Å². The first-order valence-electron chi connectivity index (χ1n) is 35.1. The zero-order valence-electron chi connectivity index (χ0n) is 53.8. The first kappa shape index (κ1) is 77.6. The molecule has 0 fully saturated rings. The van der Waals surface area contributed by atoms with Gasteiger partial charge in [-0.05, 0) is 83.5 Å². The minimum Gasteiger partial charge on any atom is -0.462 e. The molecule has 0 bridgehead atoms. The van der Waals surface area contributed by atoms with Crippen LogP contribution in [0.4, 0.5) is 0 Å². The Morgan fingerprint density at radius 1 is 0.259 bits per heavy atom. The van der Waals surface area contributed by atoms with Gasteiger partial charge in [-0.2, -0.15) is 0 Å². The highest BCUT2D eigenvalue weighted by atomic mass is 16.6. The molecule has 0 spiro atoms. The van der Waals surface area contributed by atoms with Gasteiger partial charge in [-0.25, -0.2) is 0 Å². The van der Waals surface area contributed by atoms with Crippen molar-refractivity contribution in [2.75, 3.05) is 13.2 Å². The second-order valence-electron chi connectivity index (χ2n) is 23.4. The maximum absolute atomic E-state index is 12.9. The monoisotopic (exact) mass is 1130 g/mol. The third kappa shape index (κ3) is 67.3. The predicted molar refractivity (Wildman–Crippen MR) is 353 cm³/mol. The molecule has 0 N–H and O–H groups in total. The summed E-state index contributed by atoms with van der Waals surface area (Å²) in [5.41, 5.74) is 0. The normalized spacial score (nSPS) is 12.6. The molecule has 6 heteroatoms. The number of ether oxygens (including phenoxy) is 3. The molecule has 81 heavy (non-hydrogen) atoms. The van der Waals surface area contributed by atoms with Crippen LogP contribution in [0.1, 0.15) is 355 Å². The van der Waals surface area contributed by atoms with Gasteiger partial charge in [0.15, 0.2) is 6.10 Å². The van der Waals surface area contributed by atoms with Crippen molar-refractivity contribution in [2.45, 2.75) is 361 Å². The number of esters is 3. The van der Waals surface area contributed by atoms with Gasteiger partial charge >= 0.3 is 17.9 Å². The van der Waals surface area contributed by atoms with Crippen LogP contribution in [0.3, 0.4) is 0 Å². The van der Waals surface area contributed by atoms with Crippen LogP contribution < -0.4 is 0 Å². The Hall–Kier alpha value is -3.41. The van der Waals surface area contributed by atoms with E-state index in [1.165, 1.54) is 218 Å². The minimum atomic E-state index is -0.813. The average Bonchev–Trinajstić information content (AvgIpc) is 3.46. The molecule has 0 aliphatic rings. The second kappa shape index (κ2) is 69.1. The number of hydrogen-bond donors (Lipinski definition) is 0. The van der Waals surface area contributed by atoms with Gasteiger partial charge in [0, 0.05) is 19.3 Å². The van der Waals surface area contributed by atoms with Gasteiger partial charge in [0.05, 0.1) is 0 Å². The number of carbonyl (C=O) groups is 3. The highest BCUT2D eigenvalue weighted by Crippen LogP contribution is 2.18. The Labute approximate surface area is 503 Å². The van der Waals surface area contributed by atoms with Crippen LogP contribution in [0.2, 0.25) is 0 Å². The molecule has 468 valence electrons. The van der Waals surface area contributed by atoms with E-state index in [2.05, 4.69) is 99.8 Å². The lowest BCUT2D eigenvalue weighted by Crippen LogP contribution is -2.30. The Morgan fingerprint density at radius 3 is 0.852 bits per heavy atom. The Bertz CT molecular complexity index is 1530. The van der Waals surface area contributed by atoms with Crippen LogP contribution in [0.5, 0.6) is 0 Å². The standard InChI is InChI=1S/C75H132O6/c1-4-7-10-13-16-19-22-25-27-29-31-32-33-34-35-36-37-38-39-40-41-42-44-45-47-50-53-56-59-62-65-68-74(77)80-71-72(70-79-73(76)67-64-61-58-55-52-49-24-21-18-15-12-9-6-3)81-75(78)69-66-63-60-57-54-51-48-46-43-30-28-26-23-20-17-14-11-8-5-2/h9,12,17-18,20-21,26,28,43,46,49,52,58,61,72H,4-8,10-11,13-16,19,22-25,27,29-42,44-45,47-48,50-51,53-57,59-60,62-71H2,1-3H3/b12-9-,20-17-,21-18-,28-26-,46-43-,52-49-,61-58-. The van der Waals surface area contributed by atoms with Gasteiger partial charge in [0.1, 0.15) is 13.2 Å². The molecule has 1 unspecified atom stereocenters. The summed E-state index contributed by atoms with van der Waals surface area (Å²) in [5.74, 6) is -0.985. The Kier molecular flexibility index (Phi) is 66.2. The molecule has 0 aliphatic carbocycles. The van der Waals surface area contributed by atoms with E-state index in [0.717, 1.165) is 89.9 Å². The maximum Gasteiger partial charge on any atom is 0.306 e. The number of unbranched alkanes of at least 4 members (excludes halogenated alkanes) is 39. The van der Waals surface area contributed by atoms with E-state index < -0.39 is 6.10 Å². The van der Waals surface area contributed by atoms with Crippen LogP contribution in [0.15, 0.2) is 85.1 Å². The van der Waals surface area contributed by atoms with Crippen molar-refractivity contribution >= 4 is 17.9 Å². The second-order valence-corrected chi connectivity index (χ2v) is 23.4. The van der Waals surface area contributed by atoms with Gasteiger partial charge in [-0.15, -0.1) is 0 Å². The van der Waals surface area contributed by atoms with Crippen molar-refractivity contribution in [1.29, 1.82) is 0 Å². The van der Waals surface area contributed by atoms with Crippen LogP contribution in [0, 0.1) is 0 Å². The smallest absolute Gasteiger partial charge is 0.306 e. The summed E-state index contributed by atoms with van der Waals surface area (Å²) in [6.45, 7) is 6.47. The third-order valence-corrected chi connectivity index (χ3v) is 15.4. The molecule has 0 saturated carbocycles. The van der Waals surface area contributed by atoms with E-state index in [4.69, 9.17) is 14.2 Å². The van der Waals surface area contributed by atoms with Crippen LogP contribution in [-0.2, 0) is 28.6 Å². The number of allylic oxidation sites excluding steroid dienone is 14. The van der Waals surface area contributed by atoms with Crippen LogP contribution >= 0.6 is 0 Å². The lowest BCUT2D eigenvalue weighted by atomic mass is 10.0. The Balaban J connectivity index is 4.22. The fourth-order valence-electron chi connectivity index (χ4n) is 10.2. The lowest BCUT2D eigenvalue weighted by Gasteiger charge is -2.18. The third-order valence-electron chi connectivity index (χ3n) is 15.4. The molecule has 0 aromatic heterocycles. The van der Waals surface area contributed by atoms with E-state index >= 15 is 0 Å². The van der Waals surface area contributed by atoms with Gasteiger partial charge < -0.3 is 14.2 Å². The molecule has 0 aliphatic heterocycles. The first-order chi connectivity index (χ1) is 40.0. The molecule has 0 heterocycles. The summed E-state index contributed by atoms with van der Waals surface area (Å²) in [6, 6.07) is 0. The van der Waals surface area contributed by atoms with E-state index in [1.54, 1.807) is 0 Å². The van der Waals surface area contributed by atoms with Crippen molar-refractivity contribution in [3.05, 3.63) is 85.1 Å². The quantitative estimate of drug-likeness (QED) is 0.0261. The summed E-state index contributed by atoms with van der Waals surface area (Å²) in [7, 11) is 0. The molecular weight excluding hydrogens is 997 g/mol. The molecule has 6 nitrogen and oxygen atoms in total. The van der Waals surface area contributed by atoms with Crippen molar-refractivity contribution in [3.63, 3.8) is 0 Å². The summed E-state index contributed by atoms with van der Waals surface area (Å²) in [6.07, 6.45) is 92.2. The summed E-state index contributed by atoms with van der Waals surface area (Å²) in [5, 5.41) is 0. The molecular formula is C75H132O6. The van der Waals surface area contributed by atoms with E-state index in [-0.39, 0.29) is 37.5 Å². The summed E-state index contributed by atoms with van der Waals surface area (Å²) < 4.78 is 16.9. The van der Waals surface area contributed by atoms with Crippen molar-refractivity contribution in [1.82, 2.24) is 0 Å². The highest BCUT2D eigenvalue weighted by Gasteiger charge is 2.19. The Morgan fingerprint density at radius 2 is 0.506 bits per heavy atom. The van der Waals surface area contributed by atoms with Crippen molar-refractivity contribution in [2.24, 2.45) is 0 Å². The first-order valence-corrected chi connectivity index (χ1v) is 35.1. The fourth-order valence-corrected chi connectivity index (χ4v) is 10.2. The van der Waals surface area contributed by atoms with Crippen LogP contribution in [0.25, 0.3) is 0 Å². The molecule has 0 aromatic carbocycles. The van der Waals surface area contributed by atoms with E-state index in [9.17, 15) is 14.4 Å². The molecule has 0 aromatic rings. The molecule has 0 amide bonds. The van der Waals surface area contributed by atoms with Gasteiger partial charge in [0.25, 0.3) is 0 Å².